The van der Waals surface area contributed by atoms with Crippen molar-refractivity contribution >= 4 is 32.6 Å². The number of nitrogens with one attached hydrogen (secondary N) is 2. The summed E-state index contributed by atoms with van der Waals surface area (Å²) in [6.07, 6.45) is 0. The summed E-state index contributed by atoms with van der Waals surface area (Å²) < 4.78 is 6.12. The number of methoxy groups -OCH3 is 1. The monoisotopic (exact) mass is 302 g/mol. The summed E-state index contributed by atoms with van der Waals surface area (Å²) in [6, 6.07) is 8.14. The molecule has 0 fully saturated rings. The molecule has 7 nitrogen and oxygen atoms in total. The Balaban J connectivity index is 1.89. The molecule has 2 aromatic heterocycles. The summed E-state index contributed by atoms with van der Waals surface area (Å²) >= 11 is 1.33. The van der Waals surface area contributed by atoms with Gasteiger partial charge in [-0.05, 0) is 18.2 Å². The number of hydrogen-bond acceptors (Lipinski definition) is 6. The van der Waals surface area contributed by atoms with Crippen LogP contribution in [0, 0.1) is 0 Å². The molecule has 0 aliphatic rings. The van der Waals surface area contributed by atoms with Crippen LogP contribution in [0.4, 0.5) is 5.13 Å². The van der Waals surface area contributed by atoms with E-state index in [-0.39, 0.29) is 11.3 Å². The fourth-order valence-electron chi connectivity index (χ4n) is 1.77. The number of hydrogen-bond donors (Lipinski definition) is 2. The third-order valence-electron chi connectivity index (χ3n) is 2.73. The Labute approximate surface area is 122 Å². The molecule has 21 heavy (non-hydrogen) atoms. The van der Waals surface area contributed by atoms with Crippen molar-refractivity contribution in [2.45, 2.75) is 0 Å². The molecule has 1 aromatic carbocycles. The Bertz CT molecular complexity index is 851. The molecular formula is C13H10N4O3S. The predicted octanol–water partition coefficient (Wildman–Crippen LogP) is 1.64. The van der Waals surface area contributed by atoms with E-state index in [1.165, 1.54) is 23.5 Å². The molecule has 0 bridgehead atoms. The highest BCUT2D eigenvalue weighted by molar-refractivity contribution is 7.22. The van der Waals surface area contributed by atoms with Crippen LogP contribution in [-0.4, -0.2) is 28.2 Å². The second kappa shape index (κ2) is 5.33. The van der Waals surface area contributed by atoms with Gasteiger partial charge in [-0.15, -0.1) is 0 Å². The average Bonchev–Trinajstić information content (AvgIpc) is 2.90. The number of carbonyl (C=O) groups excluding carboxylic acids is 1. The lowest BCUT2D eigenvalue weighted by atomic mass is 10.3. The zero-order valence-corrected chi connectivity index (χ0v) is 11.7. The number of ether oxygens (including phenoxy) is 1. The number of fused-ring (bicyclic) bond motifs is 1. The van der Waals surface area contributed by atoms with Gasteiger partial charge in [0.05, 0.1) is 11.8 Å². The van der Waals surface area contributed by atoms with Crippen LogP contribution in [-0.2, 0) is 0 Å². The van der Waals surface area contributed by atoms with Crippen LogP contribution < -0.4 is 15.6 Å². The fraction of sp³-hybridized carbons (Fsp3) is 0.0769. The van der Waals surface area contributed by atoms with Crippen LogP contribution in [0.3, 0.4) is 0 Å². The summed E-state index contributed by atoms with van der Waals surface area (Å²) in [4.78, 5) is 27.2. The first-order chi connectivity index (χ1) is 10.2. The molecule has 3 rings (SSSR count). The SMILES string of the molecule is COc1cccc2sc(NC(=O)c3ccc(=O)[nH]n3)nc12. The molecule has 0 aliphatic heterocycles. The highest BCUT2D eigenvalue weighted by atomic mass is 32.1. The number of aromatic amines is 1. The lowest BCUT2D eigenvalue weighted by Crippen LogP contribution is -2.17. The van der Waals surface area contributed by atoms with E-state index in [1.807, 2.05) is 12.1 Å². The van der Waals surface area contributed by atoms with Crippen LogP contribution >= 0.6 is 11.3 Å². The fourth-order valence-corrected chi connectivity index (χ4v) is 2.65. The van der Waals surface area contributed by atoms with Gasteiger partial charge in [-0.25, -0.2) is 10.1 Å². The van der Waals surface area contributed by atoms with Crippen LogP contribution in [0.1, 0.15) is 10.5 Å². The van der Waals surface area contributed by atoms with Crippen LogP contribution in [0.15, 0.2) is 35.1 Å². The molecule has 0 atom stereocenters. The molecule has 3 aromatic rings. The quantitative estimate of drug-likeness (QED) is 0.766. The van der Waals surface area contributed by atoms with E-state index in [1.54, 1.807) is 13.2 Å². The van der Waals surface area contributed by atoms with Gasteiger partial charge < -0.3 is 4.74 Å². The van der Waals surface area contributed by atoms with Crippen molar-refractivity contribution in [3.63, 3.8) is 0 Å². The number of nitrogens with zero attached hydrogens (tertiary/aromatic N) is 2. The van der Waals surface area contributed by atoms with Gasteiger partial charge in [-0.2, -0.15) is 5.10 Å². The third kappa shape index (κ3) is 2.61. The molecule has 0 radical (unpaired) electrons. The molecule has 8 heteroatoms. The van der Waals surface area contributed by atoms with Gasteiger partial charge in [-0.3, -0.25) is 14.9 Å². The van der Waals surface area contributed by atoms with Crippen molar-refractivity contribution in [2.75, 3.05) is 12.4 Å². The number of benzene rings is 1. The second-order valence-corrected chi connectivity index (χ2v) is 5.12. The van der Waals surface area contributed by atoms with E-state index in [4.69, 9.17) is 4.74 Å². The Kier molecular flexibility index (Phi) is 3.36. The standard InChI is InChI=1S/C13H10N4O3S/c1-20-8-3-2-4-9-11(8)14-13(21-9)15-12(19)7-5-6-10(18)17-16-7/h2-6H,1H3,(H,17,18)(H,14,15,19). The molecule has 2 N–H and O–H groups in total. The number of para-hydroxylation sites is 1. The van der Waals surface area contributed by atoms with Crippen LogP contribution in [0.2, 0.25) is 0 Å². The van der Waals surface area contributed by atoms with Crippen LogP contribution in [0.5, 0.6) is 5.75 Å². The Morgan fingerprint density at radius 1 is 1.33 bits per heavy atom. The Hall–Kier alpha value is -2.74. The number of rotatable bonds is 3. The van der Waals surface area contributed by atoms with E-state index in [2.05, 4.69) is 20.5 Å². The predicted molar refractivity (Wildman–Crippen MR) is 79.0 cm³/mol. The molecule has 0 aliphatic carbocycles. The molecule has 1 amide bonds. The maximum absolute atomic E-state index is 12.0. The van der Waals surface area contributed by atoms with E-state index >= 15 is 0 Å². The van der Waals surface area contributed by atoms with Crippen molar-refractivity contribution in [3.8, 4) is 5.75 Å². The zero-order chi connectivity index (χ0) is 14.8. The third-order valence-corrected chi connectivity index (χ3v) is 3.67. The first kappa shape index (κ1) is 13.3. The van der Waals surface area contributed by atoms with Gasteiger partial charge in [0.25, 0.3) is 11.5 Å². The number of carbonyl (C=O) groups is 1. The maximum atomic E-state index is 12.0. The minimum Gasteiger partial charge on any atom is -0.494 e. The lowest BCUT2D eigenvalue weighted by Gasteiger charge is -1.99. The van der Waals surface area contributed by atoms with Gasteiger partial charge in [0.15, 0.2) is 5.13 Å². The summed E-state index contributed by atoms with van der Waals surface area (Å²) in [7, 11) is 1.57. The number of anilines is 1. The Morgan fingerprint density at radius 3 is 2.90 bits per heavy atom. The summed E-state index contributed by atoms with van der Waals surface area (Å²) in [5, 5.41) is 8.96. The number of thiazole rings is 1. The van der Waals surface area contributed by atoms with Crippen molar-refractivity contribution in [2.24, 2.45) is 0 Å². The number of aromatic nitrogens is 3. The summed E-state index contributed by atoms with van der Waals surface area (Å²) in [6.45, 7) is 0. The first-order valence-electron chi connectivity index (χ1n) is 5.98. The summed E-state index contributed by atoms with van der Waals surface area (Å²) in [5.41, 5.74) is 0.437. The zero-order valence-electron chi connectivity index (χ0n) is 10.9. The van der Waals surface area contributed by atoms with Gasteiger partial charge >= 0.3 is 0 Å². The highest BCUT2D eigenvalue weighted by Crippen LogP contribution is 2.32. The van der Waals surface area contributed by atoms with Gasteiger partial charge in [0, 0.05) is 6.07 Å². The molecule has 0 spiro atoms. The van der Waals surface area contributed by atoms with Crippen molar-refractivity contribution in [3.05, 3.63) is 46.4 Å². The molecule has 0 unspecified atom stereocenters. The van der Waals surface area contributed by atoms with Gasteiger partial charge in [0.1, 0.15) is 17.0 Å². The molecule has 106 valence electrons. The van der Waals surface area contributed by atoms with E-state index in [9.17, 15) is 9.59 Å². The Morgan fingerprint density at radius 2 is 2.19 bits per heavy atom. The molecular weight excluding hydrogens is 292 g/mol. The summed E-state index contributed by atoms with van der Waals surface area (Å²) in [5.74, 6) is 0.204. The number of amides is 1. The van der Waals surface area contributed by atoms with E-state index in [0.29, 0.717) is 16.4 Å². The van der Waals surface area contributed by atoms with Crippen molar-refractivity contribution < 1.29 is 9.53 Å². The largest absolute Gasteiger partial charge is 0.494 e. The van der Waals surface area contributed by atoms with Crippen molar-refractivity contribution in [1.29, 1.82) is 0 Å². The number of H-pyrrole nitrogens is 1. The average molecular weight is 302 g/mol. The minimum absolute atomic E-state index is 0.112. The second-order valence-electron chi connectivity index (χ2n) is 4.09. The van der Waals surface area contributed by atoms with Crippen molar-refractivity contribution in [1.82, 2.24) is 15.2 Å². The highest BCUT2D eigenvalue weighted by Gasteiger charge is 2.13. The normalized spacial score (nSPS) is 10.5. The van der Waals surface area contributed by atoms with E-state index < -0.39 is 5.91 Å². The molecule has 0 saturated heterocycles. The minimum atomic E-state index is -0.440. The van der Waals surface area contributed by atoms with Gasteiger partial charge in [-0.1, -0.05) is 17.4 Å². The molecule has 0 saturated carbocycles. The van der Waals surface area contributed by atoms with E-state index in [0.717, 1.165) is 4.70 Å². The topological polar surface area (TPSA) is 97.0 Å². The van der Waals surface area contributed by atoms with Gasteiger partial charge in [0.2, 0.25) is 0 Å². The van der Waals surface area contributed by atoms with Crippen LogP contribution in [0.25, 0.3) is 10.2 Å². The lowest BCUT2D eigenvalue weighted by molar-refractivity contribution is 0.102. The maximum Gasteiger partial charge on any atom is 0.277 e. The smallest absolute Gasteiger partial charge is 0.277 e. The molecule has 2 heterocycles. The first-order valence-corrected chi connectivity index (χ1v) is 6.79.